The minimum atomic E-state index is -0.715. The van der Waals surface area contributed by atoms with Crippen LogP contribution in [-0.4, -0.2) is 28.4 Å². The van der Waals surface area contributed by atoms with E-state index < -0.39 is 12.2 Å². The highest BCUT2D eigenvalue weighted by Gasteiger charge is 2.37. The van der Waals surface area contributed by atoms with Crippen LogP contribution in [0.15, 0.2) is 42.5 Å². The van der Waals surface area contributed by atoms with Gasteiger partial charge in [0.25, 0.3) is 0 Å². The lowest BCUT2D eigenvalue weighted by molar-refractivity contribution is 0.0967. The lowest BCUT2D eigenvalue weighted by atomic mass is 9.71. The molecule has 2 unspecified atom stereocenters. The summed E-state index contributed by atoms with van der Waals surface area (Å²) in [5, 5.41) is 23.0. The molecule has 4 heteroatoms. The number of ether oxygens (including phenoxy) is 1. The predicted octanol–water partition coefficient (Wildman–Crippen LogP) is 7.15. The average molecular weight is 480 g/mol. The number of allylic oxidation sites excluding steroid dienone is 4. The van der Waals surface area contributed by atoms with Crippen molar-refractivity contribution in [3.63, 3.8) is 0 Å². The van der Waals surface area contributed by atoms with E-state index in [4.69, 9.17) is 9.72 Å². The van der Waals surface area contributed by atoms with Crippen LogP contribution < -0.4 is 0 Å². The van der Waals surface area contributed by atoms with Gasteiger partial charge in [-0.25, -0.2) is 0 Å². The molecule has 0 saturated carbocycles. The molecule has 2 heterocycles. The molecule has 2 atom stereocenters. The van der Waals surface area contributed by atoms with Crippen LogP contribution in [0.5, 0.6) is 0 Å². The summed E-state index contributed by atoms with van der Waals surface area (Å²) in [6.07, 6.45) is 11.6. The molecule has 1 aliphatic carbocycles. The second-order valence-corrected chi connectivity index (χ2v) is 12.2. The fourth-order valence-electron chi connectivity index (χ4n) is 5.33. The summed E-state index contributed by atoms with van der Waals surface area (Å²) in [6, 6.07) is 0. The van der Waals surface area contributed by atoms with Gasteiger partial charge < -0.3 is 14.9 Å². The summed E-state index contributed by atoms with van der Waals surface area (Å²) in [5.41, 5.74) is 7.03. The first-order valence-electron chi connectivity index (χ1n) is 13.0. The number of nitrogens with zero attached hydrogens (tertiary/aromatic N) is 1. The third-order valence-corrected chi connectivity index (χ3v) is 7.09. The molecular formula is C31H45NO3. The van der Waals surface area contributed by atoms with E-state index in [9.17, 15) is 10.2 Å². The van der Waals surface area contributed by atoms with Gasteiger partial charge in [-0.15, -0.1) is 0 Å². The van der Waals surface area contributed by atoms with E-state index in [1.807, 2.05) is 12.2 Å². The molecule has 1 aromatic heterocycles. The highest BCUT2D eigenvalue weighted by molar-refractivity contribution is 5.74. The molecule has 0 amide bonds. The molecule has 2 N–H and O–H groups in total. The Morgan fingerprint density at radius 3 is 2.60 bits per heavy atom. The van der Waals surface area contributed by atoms with Crippen LogP contribution in [0.3, 0.4) is 0 Å². The summed E-state index contributed by atoms with van der Waals surface area (Å²) in [6.45, 7) is 20.2. The van der Waals surface area contributed by atoms with Gasteiger partial charge in [-0.3, -0.25) is 4.98 Å². The van der Waals surface area contributed by atoms with E-state index in [-0.39, 0.29) is 16.7 Å². The van der Waals surface area contributed by atoms with E-state index in [1.54, 1.807) is 0 Å². The van der Waals surface area contributed by atoms with Crippen LogP contribution in [0.1, 0.15) is 114 Å². The topological polar surface area (TPSA) is 62.6 Å². The molecule has 0 bridgehead atoms. The number of aliphatic hydroxyl groups excluding tert-OH is 2. The molecule has 0 saturated heterocycles. The Bertz CT molecular complexity index is 1020. The smallest absolute Gasteiger partial charge is 0.0848 e. The van der Waals surface area contributed by atoms with Crippen LogP contribution in [0.2, 0.25) is 0 Å². The lowest BCUT2D eigenvalue weighted by Crippen LogP contribution is -2.30. The van der Waals surface area contributed by atoms with Crippen molar-refractivity contribution >= 4 is 5.57 Å². The van der Waals surface area contributed by atoms with E-state index in [0.717, 1.165) is 52.1 Å². The lowest BCUT2D eigenvalue weighted by Gasteiger charge is -2.38. The summed E-state index contributed by atoms with van der Waals surface area (Å²) in [5.74, 6) is 0.154. The molecule has 192 valence electrons. The molecular weight excluding hydrogens is 434 g/mol. The van der Waals surface area contributed by atoms with Gasteiger partial charge in [0.2, 0.25) is 0 Å². The fraction of sp³-hybridized carbons (Fsp3) is 0.581. The molecule has 0 fully saturated rings. The van der Waals surface area contributed by atoms with Gasteiger partial charge in [-0.1, -0.05) is 85.4 Å². The van der Waals surface area contributed by atoms with E-state index in [1.165, 1.54) is 0 Å². The van der Waals surface area contributed by atoms with Gasteiger partial charge in [0.1, 0.15) is 0 Å². The number of rotatable bonds is 7. The van der Waals surface area contributed by atoms with Crippen LogP contribution >= 0.6 is 0 Å². The van der Waals surface area contributed by atoms with Gasteiger partial charge in [0, 0.05) is 22.5 Å². The van der Waals surface area contributed by atoms with E-state index >= 15 is 0 Å². The number of aliphatic hydroxyl groups is 2. The number of hydrogen-bond acceptors (Lipinski definition) is 4. The van der Waals surface area contributed by atoms with Crippen molar-refractivity contribution in [2.24, 2.45) is 10.8 Å². The third kappa shape index (κ3) is 6.41. The molecule has 1 aromatic rings. The van der Waals surface area contributed by atoms with Crippen molar-refractivity contribution in [1.82, 2.24) is 4.98 Å². The Morgan fingerprint density at radius 2 is 2.03 bits per heavy atom. The predicted molar refractivity (Wildman–Crippen MR) is 145 cm³/mol. The third-order valence-electron chi connectivity index (χ3n) is 7.09. The van der Waals surface area contributed by atoms with Gasteiger partial charge in [0.05, 0.1) is 25.4 Å². The molecule has 35 heavy (non-hydrogen) atoms. The first kappa shape index (κ1) is 27.6. The number of pyridine rings is 1. The normalized spacial score (nSPS) is 21.7. The zero-order valence-electron chi connectivity index (χ0n) is 22.8. The van der Waals surface area contributed by atoms with Crippen LogP contribution in [0.25, 0.3) is 5.57 Å². The van der Waals surface area contributed by atoms with Crippen molar-refractivity contribution in [3.8, 4) is 0 Å². The maximum absolute atomic E-state index is 11.6. The molecule has 0 radical (unpaired) electrons. The van der Waals surface area contributed by atoms with E-state index in [0.29, 0.717) is 26.1 Å². The maximum Gasteiger partial charge on any atom is 0.0848 e. The molecule has 0 spiro atoms. The largest absolute Gasteiger partial charge is 0.388 e. The molecule has 3 rings (SSSR count). The fourth-order valence-corrected chi connectivity index (χ4v) is 5.33. The minimum absolute atomic E-state index is 0.0128. The van der Waals surface area contributed by atoms with Gasteiger partial charge in [0.15, 0.2) is 0 Å². The Kier molecular flexibility index (Phi) is 8.62. The molecule has 0 aromatic carbocycles. The monoisotopic (exact) mass is 479 g/mol. The van der Waals surface area contributed by atoms with Crippen molar-refractivity contribution < 1.29 is 14.9 Å². The van der Waals surface area contributed by atoms with Crippen LogP contribution in [0, 0.1) is 10.8 Å². The number of hydrogen-bond donors (Lipinski definition) is 2. The molecule has 2 aliphatic rings. The zero-order chi connectivity index (χ0) is 26.0. The van der Waals surface area contributed by atoms with Gasteiger partial charge >= 0.3 is 0 Å². The second-order valence-electron chi connectivity index (χ2n) is 12.2. The Balaban J connectivity index is 2.15. The molecule has 4 nitrogen and oxygen atoms in total. The quantitative estimate of drug-likeness (QED) is 0.408. The van der Waals surface area contributed by atoms with Gasteiger partial charge in [-0.05, 0) is 59.1 Å². The molecule has 1 aliphatic heterocycles. The highest BCUT2D eigenvalue weighted by atomic mass is 16.5. The Hall–Kier alpha value is -2.01. The highest BCUT2D eigenvalue weighted by Crippen LogP contribution is 2.47. The zero-order valence-corrected chi connectivity index (χ0v) is 22.8. The average Bonchev–Trinajstić information content (AvgIpc) is 2.76. The van der Waals surface area contributed by atoms with Crippen molar-refractivity contribution in [2.75, 3.05) is 13.2 Å². The summed E-state index contributed by atoms with van der Waals surface area (Å²) < 4.78 is 5.61. The van der Waals surface area contributed by atoms with Crippen LogP contribution in [-0.2, 0) is 11.2 Å². The summed E-state index contributed by atoms with van der Waals surface area (Å²) in [4.78, 5) is 5.12. The van der Waals surface area contributed by atoms with Gasteiger partial charge in [-0.2, -0.15) is 0 Å². The summed E-state index contributed by atoms with van der Waals surface area (Å²) >= 11 is 0. The first-order valence-corrected chi connectivity index (χ1v) is 13.0. The van der Waals surface area contributed by atoms with Crippen molar-refractivity contribution in [1.29, 1.82) is 0 Å². The minimum Gasteiger partial charge on any atom is -0.388 e. The number of fused-ring (bicyclic) bond motifs is 1. The standard InChI is InChI=1S/C31H45NO3/c1-9-11-22(30(4,5)6)12-10-13-24(33)28-26(21-14-16-35-17-15-21)27-23(32-29(28)20(2)3)18-31(7,8)19-25(27)34/h9-12,14,20,24-25,33-34H,1,13,15-19H2,2-8H3/b12-10-,22-11+. The second kappa shape index (κ2) is 10.9. The van der Waals surface area contributed by atoms with Crippen molar-refractivity contribution in [3.05, 3.63) is 70.6 Å². The Morgan fingerprint density at radius 1 is 1.31 bits per heavy atom. The Labute approximate surface area is 212 Å². The summed E-state index contributed by atoms with van der Waals surface area (Å²) in [7, 11) is 0. The maximum atomic E-state index is 11.6. The van der Waals surface area contributed by atoms with E-state index in [2.05, 4.69) is 73.3 Å². The first-order chi connectivity index (χ1) is 16.4. The van der Waals surface area contributed by atoms with Crippen molar-refractivity contribution in [2.45, 2.75) is 92.3 Å². The number of aromatic nitrogens is 1. The SMILES string of the molecule is C=C/C=C(\C=C/CC(O)c1c(C(C)C)nc2c(c1C1=CCOCC1)C(O)CC(C)(C)C2)C(C)(C)C. The van der Waals surface area contributed by atoms with Crippen LogP contribution in [0.4, 0.5) is 0 Å².